The highest BCUT2D eigenvalue weighted by Crippen LogP contribution is 2.75. The van der Waals surface area contributed by atoms with Crippen LogP contribution >= 0.6 is 0 Å². The first kappa shape index (κ1) is 25.7. The molecule has 0 aromatic rings. The van der Waals surface area contributed by atoms with Gasteiger partial charge in [-0.25, -0.2) is 0 Å². The van der Waals surface area contributed by atoms with E-state index in [9.17, 15) is 25.2 Å². The van der Waals surface area contributed by atoms with Crippen LogP contribution in [0.2, 0.25) is 0 Å². The van der Waals surface area contributed by atoms with Gasteiger partial charge in [0.1, 0.15) is 6.10 Å². The first-order valence-electron chi connectivity index (χ1n) is 14.1. The Morgan fingerprint density at radius 3 is 2.17 bits per heavy atom. The van der Waals surface area contributed by atoms with E-state index >= 15 is 0 Å². The lowest BCUT2D eigenvalue weighted by atomic mass is 9.33. The van der Waals surface area contributed by atoms with Crippen molar-refractivity contribution in [2.75, 3.05) is 0 Å². The van der Waals surface area contributed by atoms with Crippen molar-refractivity contribution >= 4 is 5.97 Å². The standard InChI is InChI=1S/C30H48O5/c1-16-10-13-30(25(34)35)15-14-27(5)18(21(30)17(16)2)8-9-20-28(27,6)12-11-19-26(3,4)23(32)22(31)24(33)29(19,20)7/h8,16-17,19-24,31-33H,9-15H2,1-7H3,(H,34,35)/t16-,17+,19?,20?,21?,22+,23-,24+,27-,28-,29+,30+/m1/s1. The number of aliphatic hydroxyl groups excluding tert-OH is 3. The molecule has 5 rings (SSSR count). The molecule has 0 aromatic heterocycles. The maximum absolute atomic E-state index is 12.8. The number of hydrogen-bond acceptors (Lipinski definition) is 4. The molecule has 198 valence electrons. The molecule has 12 atom stereocenters. The average molecular weight is 489 g/mol. The van der Waals surface area contributed by atoms with E-state index in [0.29, 0.717) is 11.8 Å². The molecule has 5 heteroatoms. The van der Waals surface area contributed by atoms with Crippen LogP contribution < -0.4 is 0 Å². The summed E-state index contributed by atoms with van der Waals surface area (Å²) in [5.41, 5.74) is -0.536. The topological polar surface area (TPSA) is 98.0 Å². The molecule has 4 fully saturated rings. The first-order valence-corrected chi connectivity index (χ1v) is 14.1. The van der Waals surface area contributed by atoms with E-state index in [4.69, 9.17) is 0 Å². The fourth-order valence-corrected chi connectivity index (χ4v) is 10.9. The summed E-state index contributed by atoms with van der Waals surface area (Å²) in [6.07, 6.45) is 5.34. The van der Waals surface area contributed by atoms with Crippen LogP contribution in [0.15, 0.2) is 11.6 Å². The zero-order valence-corrected chi connectivity index (χ0v) is 22.8. The molecule has 0 bridgehead atoms. The molecule has 0 saturated heterocycles. The second-order valence-corrected chi connectivity index (χ2v) is 14.7. The summed E-state index contributed by atoms with van der Waals surface area (Å²) in [6.45, 7) is 15.6. The van der Waals surface area contributed by atoms with Gasteiger partial charge in [-0.15, -0.1) is 0 Å². The maximum Gasteiger partial charge on any atom is 0.310 e. The molecule has 0 aromatic carbocycles. The van der Waals surface area contributed by atoms with Crippen molar-refractivity contribution in [1.82, 2.24) is 0 Å². The quantitative estimate of drug-likeness (QED) is 0.388. The Hall–Kier alpha value is -0.910. The van der Waals surface area contributed by atoms with Gasteiger partial charge in [0.05, 0.1) is 17.6 Å². The van der Waals surface area contributed by atoms with Crippen molar-refractivity contribution in [3.63, 3.8) is 0 Å². The average Bonchev–Trinajstić information content (AvgIpc) is 2.79. The molecule has 0 heterocycles. The minimum Gasteiger partial charge on any atom is -0.481 e. The normalized spacial score (nSPS) is 57.1. The van der Waals surface area contributed by atoms with Crippen LogP contribution in [0, 0.1) is 56.7 Å². The third-order valence-corrected chi connectivity index (χ3v) is 13.5. The molecular formula is C30H48O5. The second kappa shape index (κ2) is 7.57. The number of carboxylic acids is 1. The Bertz CT molecular complexity index is 941. The summed E-state index contributed by atoms with van der Waals surface area (Å²) in [5, 5.41) is 44.0. The molecule has 0 spiro atoms. The minimum absolute atomic E-state index is 0.0611. The Morgan fingerprint density at radius 1 is 0.886 bits per heavy atom. The number of carboxylic acid groups (broad SMARTS) is 1. The van der Waals surface area contributed by atoms with E-state index in [1.807, 2.05) is 0 Å². The lowest BCUT2D eigenvalue weighted by Crippen LogP contribution is -2.72. The largest absolute Gasteiger partial charge is 0.481 e. The van der Waals surface area contributed by atoms with Gasteiger partial charge in [-0.2, -0.15) is 0 Å². The molecule has 4 saturated carbocycles. The number of aliphatic hydroxyl groups is 3. The van der Waals surface area contributed by atoms with E-state index in [0.717, 1.165) is 44.9 Å². The lowest BCUT2D eigenvalue weighted by molar-refractivity contribution is -0.278. The summed E-state index contributed by atoms with van der Waals surface area (Å²) in [7, 11) is 0. The molecule has 0 amide bonds. The minimum atomic E-state index is -1.16. The summed E-state index contributed by atoms with van der Waals surface area (Å²) < 4.78 is 0. The molecular weight excluding hydrogens is 440 g/mol. The number of fused-ring (bicyclic) bond motifs is 7. The molecule has 0 aliphatic heterocycles. The summed E-state index contributed by atoms with van der Waals surface area (Å²) in [4.78, 5) is 12.8. The Labute approximate surface area is 211 Å². The highest BCUT2D eigenvalue weighted by Gasteiger charge is 2.72. The Kier molecular flexibility index (Phi) is 5.56. The zero-order chi connectivity index (χ0) is 25.9. The lowest BCUT2D eigenvalue weighted by Gasteiger charge is -2.72. The van der Waals surface area contributed by atoms with Gasteiger partial charge in [0, 0.05) is 5.41 Å². The van der Waals surface area contributed by atoms with Gasteiger partial charge in [-0.05, 0) is 90.8 Å². The highest BCUT2D eigenvalue weighted by atomic mass is 16.4. The van der Waals surface area contributed by atoms with Gasteiger partial charge in [0.2, 0.25) is 0 Å². The predicted octanol–water partition coefficient (Wildman–Crippen LogP) is 5.03. The van der Waals surface area contributed by atoms with E-state index in [-0.39, 0.29) is 28.6 Å². The smallest absolute Gasteiger partial charge is 0.310 e. The van der Waals surface area contributed by atoms with Crippen molar-refractivity contribution in [3.05, 3.63) is 11.6 Å². The van der Waals surface area contributed by atoms with Crippen LogP contribution in [0.3, 0.4) is 0 Å². The Balaban J connectivity index is 1.65. The van der Waals surface area contributed by atoms with Crippen LogP contribution in [0.5, 0.6) is 0 Å². The van der Waals surface area contributed by atoms with Crippen LogP contribution in [-0.4, -0.2) is 44.7 Å². The Morgan fingerprint density at radius 2 is 1.54 bits per heavy atom. The van der Waals surface area contributed by atoms with E-state index in [1.165, 1.54) is 5.57 Å². The molecule has 3 unspecified atom stereocenters. The fraction of sp³-hybridized carbons (Fsp3) is 0.900. The van der Waals surface area contributed by atoms with Crippen molar-refractivity contribution < 1.29 is 25.2 Å². The first-order chi connectivity index (χ1) is 16.1. The number of aliphatic carboxylic acids is 1. The van der Waals surface area contributed by atoms with Gasteiger partial charge in [-0.3, -0.25) is 4.79 Å². The van der Waals surface area contributed by atoms with Gasteiger partial charge in [0.15, 0.2) is 0 Å². The number of allylic oxidation sites excluding steroid dienone is 2. The summed E-state index contributed by atoms with van der Waals surface area (Å²) >= 11 is 0. The SMILES string of the molecule is C[C@@H]1CC[C@]2(C(=O)O)CC[C@]3(C)C(=CCC4[C@]5(C)C(CC[C@]43C)C(C)(C)[C@H](O)[C@H](O)[C@@H]5O)C2[C@H]1C. The maximum atomic E-state index is 12.8. The van der Waals surface area contributed by atoms with E-state index < -0.39 is 40.5 Å². The molecule has 4 N–H and O–H groups in total. The number of hydrogen-bond donors (Lipinski definition) is 4. The van der Waals surface area contributed by atoms with Crippen molar-refractivity contribution in [1.29, 1.82) is 0 Å². The summed E-state index contributed by atoms with van der Waals surface area (Å²) in [6, 6.07) is 0. The van der Waals surface area contributed by atoms with Crippen LogP contribution in [0.4, 0.5) is 0 Å². The van der Waals surface area contributed by atoms with Crippen LogP contribution in [0.25, 0.3) is 0 Å². The second-order valence-electron chi connectivity index (χ2n) is 14.7. The molecule has 5 aliphatic carbocycles. The van der Waals surface area contributed by atoms with Crippen molar-refractivity contribution in [2.24, 2.45) is 56.7 Å². The third kappa shape index (κ3) is 2.84. The van der Waals surface area contributed by atoms with E-state index in [1.54, 1.807) is 0 Å². The molecule has 35 heavy (non-hydrogen) atoms. The highest BCUT2D eigenvalue weighted by molar-refractivity contribution is 5.76. The molecule has 0 radical (unpaired) electrons. The van der Waals surface area contributed by atoms with Crippen molar-refractivity contribution in [2.45, 2.75) is 112 Å². The summed E-state index contributed by atoms with van der Waals surface area (Å²) in [5.74, 6) is 0.545. The van der Waals surface area contributed by atoms with Crippen LogP contribution in [0.1, 0.15) is 93.4 Å². The van der Waals surface area contributed by atoms with Gasteiger partial charge in [-0.1, -0.05) is 60.1 Å². The molecule has 5 aliphatic rings. The number of rotatable bonds is 1. The third-order valence-electron chi connectivity index (χ3n) is 13.5. The van der Waals surface area contributed by atoms with E-state index in [2.05, 4.69) is 54.5 Å². The zero-order valence-electron chi connectivity index (χ0n) is 22.8. The molecule has 5 nitrogen and oxygen atoms in total. The van der Waals surface area contributed by atoms with Gasteiger partial charge < -0.3 is 20.4 Å². The van der Waals surface area contributed by atoms with Crippen LogP contribution in [-0.2, 0) is 4.79 Å². The predicted molar refractivity (Wildman–Crippen MR) is 135 cm³/mol. The van der Waals surface area contributed by atoms with Crippen molar-refractivity contribution in [3.8, 4) is 0 Å². The van der Waals surface area contributed by atoms with Gasteiger partial charge in [0.25, 0.3) is 0 Å². The fourth-order valence-electron chi connectivity index (χ4n) is 10.9. The number of carbonyl (C=O) groups is 1. The van der Waals surface area contributed by atoms with Gasteiger partial charge >= 0.3 is 5.97 Å². The monoisotopic (exact) mass is 488 g/mol.